The van der Waals surface area contributed by atoms with E-state index in [9.17, 15) is 29.8 Å². The van der Waals surface area contributed by atoms with E-state index in [4.69, 9.17) is 16.3 Å². The molecule has 0 spiro atoms. The molecule has 1 atom stereocenters. The summed E-state index contributed by atoms with van der Waals surface area (Å²) in [5.74, 6) is -0.661. The molecule has 43 heavy (non-hydrogen) atoms. The highest BCUT2D eigenvalue weighted by atomic mass is 35.5. The van der Waals surface area contributed by atoms with Gasteiger partial charge in [0.25, 0.3) is 16.9 Å². The van der Waals surface area contributed by atoms with Crippen molar-refractivity contribution >= 4 is 58.1 Å². The topological polar surface area (TPSA) is 147 Å². The molecule has 11 nitrogen and oxygen atoms in total. The van der Waals surface area contributed by atoms with E-state index in [0.717, 1.165) is 16.2 Å². The minimum atomic E-state index is -0.953. The Morgan fingerprint density at radius 3 is 2.42 bits per heavy atom. The fraction of sp³-hybridized carbons (Fsp3) is 0.138. The number of thiazole rings is 1. The van der Waals surface area contributed by atoms with Crippen molar-refractivity contribution < 1.29 is 19.4 Å². The summed E-state index contributed by atoms with van der Waals surface area (Å²) in [5, 5.41) is 23.7. The molecule has 5 rings (SSSR count). The van der Waals surface area contributed by atoms with Gasteiger partial charge in [0.15, 0.2) is 4.80 Å². The first-order valence-electron chi connectivity index (χ1n) is 12.7. The lowest BCUT2D eigenvalue weighted by Gasteiger charge is -2.24. The molecule has 0 fully saturated rings. The van der Waals surface area contributed by atoms with Crippen molar-refractivity contribution in [3.63, 3.8) is 0 Å². The average molecular weight is 637 g/mol. The number of benzene rings is 3. The SMILES string of the molecule is CCOC(=O)C1=C(C)N=c2s/c(=C/c3ccc(Sc4ccc(Cl)cc4)c([N+](=O)[O-])c3)c(=O)n2[C@@H]1c1ccc([N+](=O)[O-])cc1. The molecular weight excluding hydrogens is 616 g/mol. The lowest BCUT2D eigenvalue weighted by Crippen LogP contribution is -2.39. The predicted molar refractivity (Wildman–Crippen MR) is 162 cm³/mol. The number of hydrogen-bond acceptors (Lipinski definition) is 10. The lowest BCUT2D eigenvalue weighted by atomic mass is 9.95. The summed E-state index contributed by atoms with van der Waals surface area (Å²) in [6.45, 7) is 3.38. The molecule has 0 aliphatic carbocycles. The fourth-order valence-corrected chi connectivity index (χ4v) is 6.59. The zero-order valence-corrected chi connectivity index (χ0v) is 24.9. The lowest BCUT2D eigenvalue weighted by molar-refractivity contribution is -0.387. The second-order valence-corrected chi connectivity index (χ2v) is 11.8. The minimum absolute atomic E-state index is 0.0953. The number of non-ortho nitro benzene ring substituents is 1. The maximum atomic E-state index is 13.8. The van der Waals surface area contributed by atoms with Crippen molar-refractivity contribution in [1.29, 1.82) is 0 Å². The number of hydrogen-bond donors (Lipinski definition) is 0. The summed E-state index contributed by atoms with van der Waals surface area (Å²) in [6, 6.07) is 16.2. The van der Waals surface area contributed by atoms with E-state index in [-0.39, 0.29) is 28.1 Å². The molecule has 14 heteroatoms. The van der Waals surface area contributed by atoms with Gasteiger partial charge in [-0.15, -0.1) is 0 Å². The highest BCUT2D eigenvalue weighted by molar-refractivity contribution is 7.99. The molecule has 1 aliphatic heterocycles. The van der Waals surface area contributed by atoms with E-state index < -0.39 is 27.4 Å². The van der Waals surface area contributed by atoms with Crippen molar-refractivity contribution in [2.45, 2.75) is 29.7 Å². The van der Waals surface area contributed by atoms with E-state index in [1.54, 1.807) is 50.2 Å². The van der Waals surface area contributed by atoms with Crippen LogP contribution in [0.2, 0.25) is 5.02 Å². The molecule has 0 saturated carbocycles. The van der Waals surface area contributed by atoms with Gasteiger partial charge in [0.05, 0.1) is 43.2 Å². The van der Waals surface area contributed by atoms with Crippen LogP contribution in [0.1, 0.15) is 31.0 Å². The highest BCUT2D eigenvalue weighted by Crippen LogP contribution is 2.36. The van der Waals surface area contributed by atoms with Crippen molar-refractivity contribution in [3.8, 4) is 0 Å². The van der Waals surface area contributed by atoms with Gasteiger partial charge in [-0.3, -0.25) is 29.6 Å². The van der Waals surface area contributed by atoms with Gasteiger partial charge < -0.3 is 4.74 Å². The monoisotopic (exact) mass is 636 g/mol. The molecule has 1 aromatic heterocycles. The quantitative estimate of drug-likeness (QED) is 0.141. The number of nitrogens with zero attached hydrogens (tertiary/aromatic N) is 4. The van der Waals surface area contributed by atoms with Crippen molar-refractivity contribution in [1.82, 2.24) is 4.57 Å². The molecule has 0 unspecified atom stereocenters. The van der Waals surface area contributed by atoms with Crippen LogP contribution in [-0.2, 0) is 9.53 Å². The number of fused-ring (bicyclic) bond motifs is 1. The average Bonchev–Trinajstić information content (AvgIpc) is 3.28. The van der Waals surface area contributed by atoms with Crippen LogP contribution in [0.3, 0.4) is 0 Å². The molecule has 1 aliphatic rings. The molecule has 0 amide bonds. The second-order valence-electron chi connectivity index (χ2n) is 9.19. The molecule has 4 aromatic rings. The van der Waals surface area contributed by atoms with Crippen LogP contribution in [0.4, 0.5) is 11.4 Å². The third-order valence-electron chi connectivity index (χ3n) is 6.46. The van der Waals surface area contributed by atoms with Gasteiger partial charge in [-0.2, -0.15) is 0 Å². The van der Waals surface area contributed by atoms with Gasteiger partial charge in [-0.05, 0) is 73.5 Å². The first-order chi connectivity index (χ1) is 20.6. The Balaban J connectivity index is 1.61. The van der Waals surface area contributed by atoms with E-state index in [0.29, 0.717) is 31.5 Å². The predicted octanol–water partition coefficient (Wildman–Crippen LogP) is 5.42. The number of carbonyl (C=O) groups excluding carboxylic acids is 1. The van der Waals surface area contributed by atoms with Crippen LogP contribution in [0.25, 0.3) is 6.08 Å². The standard InChI is InChI=1S/C29H21ClN4O7S2/c1-3-41-28(36)25-16(2)31-29-32(26(25)18-5-9-20(10-6-18)33(37)38)27(35)24(43-29)15-17-4-13-23(22(14-17)34(39)40)42-21-11-7-19(30)8-12-21/h4-15,26H,3H2,1-2H3/b24-15+/t26-/m1/s1. The number of allylic oxidation sites excluding steroid dienone is 1. The number of esters is 1. The van der Waals surface area contributed by atoms with E-state index in [1.165, 1.54) is 52.7 Å². The first-order valence-corrected chi connectivity index (χ1v) is 14.7. The summed E-state index contributed by atoms with van der Waals surface area (Å²) >= 11 is 8.22. The number of rotatable bonds is 8. The molecule has 0 saturated heterocycles. The number of nitro benzene ring substituents is 2. The zero-order valence-electron chi connectivity index (χ0n) is 22.6. The molecular formula is C29H21ClN4O7S2. The largest absolute Gasteiger partial charge is 0.463 e. The van der Waals surface area contributed by atoms with Crippen LogP contribution < -0.4 is 14.9 Å². The van der Waals surface area contributed by atoms with E-state index in [2.05, 4.69) is 4.99 Å². The number of nitro groups is 2. The van der Waals surface area contributed by atoms with Gasteiger partial charge in [-0.25, -0.2) is 9.79 Å². The number of carbonyl (C=O) groups is 1. The third-order valence-corrected chi connectivity index (χ3v) is 8.76. The summed E-state index contributed by atoms with van der Waals surface area (Å²) in [4.78, 5) is 55.0. The molecule has 0 N–H and O–H groups in total. The summed E-state index contributed by atoms with van der Waals surface area (Å²) in [7, 11) is 0. The van der Waals surface area contributed by atoms with Gasteiger partial charge in [0.1, 0.15) is 0 Å². The minimum Gasteiger partial charge on any atom is -0.463 e. The maximum absolute atomic E-state index is 13.8. The summed E-state index contributed by atoms with van der Waals surface area (Å²) in [5.41, 5.74) is 0.589. The van der Waals surface area contributed by atoms with E-state index in [1.807, 2.05) is 0 Å². The first kappa shape index (κ1) is 29.9. The molecule has 2 heterocycles. The summed E-state index contributed by atoms with van der Waals surface area (Å²) < 4.78 is 6.84. The second kappa shape index (κ2) is 12.3. The van der Waals surface area contributed by atoms with Gasteiger partial charge >= 0.3 is 5.97 Å². The third kappa shape index (κ3) is 6.14. The smallest absolute Gasteiger partial charge is 0.338 e. The van der Waals surface area contributed by atoms with Crippen LogP contribution >= 0.6 is 34.7 Å². The van der Waals surface area contributed by atoms with Crippen molar-refractivity contribution in [3.05, 3.63) is 134 Å². The van der Waals surface area contributed by atoms with Crippen LogP contribution in [0.5, 0.6) is 0 Å². The van der Waals surface area contributed by atoms with Crippen LogP contribution in [0, 0.1) is 20.2 Å². The Morgan fingerprint density at radius 2 is 1.79 bits per heavy atom. The maximum Gasteiger partial charge on any atom is 0.338 e. The molecule has 0 radical (unpaired) electrons. The Bertz CT molecular complexity index is 1980. The van der Waals surface area contributed by atoms with Gasteiger partial charge in [-0.1, -0.05) is 40.8 Å². The Morgan fingerprint density at radius 1 is 1.09 bits per heavy atom. The highest BCUT2D eigenvalue weighted by Gasteiger charge is 2.33. The molecule has 218 valence electrons. The molecule has 0 bridgehead atoms. The van der Waals surface area contributed by atoms with E-state index >= 15 is 0 Å². The zero-order chi connectivity index (χ0) is 30.8. The Labute approximate surface area is 256 Å². The Kier molecular flexibility index (Phi) is 8.57. The van der Waals surface area contributed by atoms with Gasteiger partial charge in [0.2, 0.25) is 0 Å². The number of halogens is 1. The Hall–Kier alpha value is -4.59. The van der Waals surface area contributed by atoms with Crippen LogP contribution in [-0.4, -0.2) is 27.0 Å². The van der Waals surface area contributed by atoms with Crippen molar-refractivity contribution in [2.75, 3.05) is 6.61 Å². The van der Waals surface area contributed by atoms with Gasteiger partial charge in [0, 0.05) is 28.1 Å². The number of aromatic nitrogens is 1. The fourth-order valence-electron chi connectivity index (χ4n) is 4.52. The molecule has 3 aromatic carbocycles. The summed E-state index contributed by atoms with van der Waals surface area (Å²) in [6.07, 6.45) is 1.53. The van der Waals surface area contributed by atoms with Crippen LogP contribution in [0.15, 0.2) is 97.6 Å². The normalized spacial score (nSPS) is 14.7. The number of ether oxygens (including phenoxy) is 1. The van der Waals surface area contributed by atoms with Crippen molar-refractivity contribution in [2.24, 2.45) is 4.99 Å².